The molecule has 0 saturated heterocycles. The highest BCUT2D eigenvalue weighted by Crippen LogP contribution is 2.68. The third-order valence-electron chi connectivity index (χ3n) is 4.89. The summed E-state index contributed by atoms with van der Waals surface area (Å²) in [6.45, 7) is 13.6. The van der Waals surface area contributed by atoms with E-state index in [1.807, 2.05) is 0 Å². The molecule has 17 heavy (non-hydrogen) atoms. The van der Waals surface area contributed by atoms with E-state index in [1.165, 1.54) is 0 Å². The lowest BCUT2D eigenvalue weighted by Gasteiger charge is -2.22. The molecule has 0 heterocycles. The molecule has 3 heteroatoms. The monoisotopic (exact) mass is 240 g/mol. The molecular formula is C14H28N2O. The Morgan fingerprint density at radius 1 is 1.24 bits per heavy atom. The molecule has 3 nitrogen and oxygen atoms in total. The van der Waals surface area contributed by atoms with Crippen LogP contribution >= 0.6 is 0 Å². The van der Waals surface area contributed by atoms with Crippen LogP contribution in [0.1, 0.15) is 48.0 Å². The predicted octanol–water partition coefficient (Wildman–Crippen LogP) is 2.16. The van der Waals surface area contributed by atoms with Gasteiger partial charge in [0.05, 0.1) is 0 Å². The molecule has 1 amide bonds. The van der Waals surface area contributed by atoms with Crippen molar-refractivity contribution in [3.05, 3.63) is 0 Å². The summed E-state index contributed by atoms with van der Waals surface area (Å²) in [7, 11) is 0. The van der Waals surface area contributed by atoms with Gasteiger partial charge in [0, 0.05) is 12.0 Å². The van der Waals surface area contributed by atoms with Crippen LogP contribution in [0.5, 0.6) is 0 Å². The van der Waals surface area contributed by atoms with Crippen LogP contribution in [-0.2, 0) is 4.79 Å². The summed E-state index contributed by atoms with van der Waals surface area (Å²) in [6.07, 6.45) is 0.858. The first-order chi connectivity index (χ1) is 7.66. The summed E-state index contributed by atoms with van der Waals surface area (Å²) in [6, 6.07) is 0.208. The lowest BCUT2D eigenvalue weighted by atomic mass is 10.00. The Balaban J connectivity index is 2.61. The molecule has 1 rings (SSSR count). The minimum Gasteiger partial charge on any atom is -0.353 e. The summed E-state index contributed by atoms with van der Waals surface area (Å²) >= 11 is 0. The van der Waals surface area contributed by atoms with Gasteiger partial charge < -0.3 is 11.1 Å². The zero-order valence-electron chi connectivity index (χ0n) is 12.1. The summed E-state index contributed by atoms with van der Waals surface area (Å²) in [5.74, 6) is 0.772. The minimum absolute atomic E-state index is 0.112. The number of nitrogens with one attached hydrogen (secondary N) is 1. The van der Waals surface area contributed by atoms with Gasteiger partial charge in [-0.05, 0) is 29.7 Å². The van der Waals surface area contributed by atoms with Gasteiger partial charge in [-0.15, -0.1) is 0 Å². The summed E-state index contributed by atoms with van der Waals surface area (Å²) in [5, 5.41) is 3.17. The Morgan fingerprint density at radius 2 is 1.71 bits per heavy atom. The predicted molar refractivity (Wildman–Crippen MR) is 71.5 cm³/mol. The molecule has 1 saturated carbocycles. The van der Waals surface area contributed by atoms with Gasteiger partial charge in [-0.3, -0.25) is 4.79 Å². The van der Waals surface area contributed by atoms with Gasteiger partial charge in [0.2, 0.25) is 5.91 Å². The van der Waals surface area contributed by atoms with E-state index in [0.29, 0.717) is 12.5 Å². The molecule has 1 fully saturated rings. The normalized spacial score (nSPS) is 23.5. The number of hydrogen-bond donors (Lipinski definition) is 2. The Labute approximate surface area is 106 Å². The van der Waals surface area contributed by atoms with Gasteiger partial charge in [-0.25, -0.2) is 0 Å². The van der Waals surface area contributed by atoms with Crippen molar-refractivity contribution < 1.29 is 4.79 Å². The van der Waals surface area contributed by atoms with Crippen LogP contribution in [0.2, 0.25) is 0 Å². The molecule has 1 unspecified atom stereocenters. The maximum Gasteiger partial charge on any atom is 0.224 e. The average molecular weight is 240 g/mol. The van der Waals surface area contributed by atoms with Gasteiger partial charge >= 0.3 is 0 Å². The van der Waals surface area contributed by atoms with Crippen molar-refractivity contribution in [1.29, 1.82) is 0 Å². The van der Waals surface area contributed by atoms with Crippen molar-refractivity contribution in [3.63, 3.8) is 0 Å². The number of nitrogens with two attached hydrogens (primary N) is 1. The van der Waals surface area contributed by atoms with Crippen molar-refractivity contribution in [2.75, 3.05) is 6.54 Å². The fraction of sp³-hybridized carbons (Fsp3) is 0.929. The van der Waals surface area contributed by atoms with E-state index in [0.717, 1.165) is 6.42 Å². The topological polar surface area (TPSA) is 55.1 Å². The summed E-state index contributed by atoms with van der Waals surface area (Å²) in [4.78, 5) is 12.3. The van der Waals surface area contributed by atoms with E-state index in [9.17, 15) is 4.79 Å². The largest absolute Gasteiger partial charge is 0.353 e. The maximum absolute atomic E-state index is 12.3. The molecule has 0 radical (unpaired) electrons. The Kier molecular flexibility index (Phi) is 3.92. The zero-order chi connectivity index (χ0) is 13.4. The number of carbonyl (C=O) groups is 1. The van der Waals surface area contributed by atoms with Crippen molar-refractivity contribution >= 4 is 5.91 Å². The standard InChI is InChI=1S/C14H28N2O/c1-9(2)10(7-8-15)16-12(17)11-13(3,4)14(11,5)6/h9-11H,7-8,15H2,1-6H3,(H,16,17). The maximum atomic E-state index is 12.3. The van der Waals surface area contributed by atoms with E-state index in [2.05, 4.69) is 46.9 Å². The molecule has 0 spiro atoms. The van der Waals surface area contributed by atoms with E-state index >= 15 is 0 Å². The molecule has 0 aromatic rings. The van der Waals surface area contributed by atoms with E-state index in [1.54, 1.807) is 0 Å². The van der Waals surface area contributed by atoms with Gasteiger partial charge in [-0.1, -0.05) is 41.5 Å². The molecule has 3 N–H and O–H groups in total. The lowest BCUT2D eigenvalue weighted by molar-refractivity contribution is -0.124. The highest BCUT2D eigenvalue weighted by atomic mass is 16.2. The van der Waals surface area contributed by atoms with Crippen molar-refractivity contribution in [2.24, 2.45) is 28.4 Å². The van der Waals surface area contributed by atoms with Crippen molar-refractivity contribution in [2.45, 2.75) is 54.0 Å². The number of carbonyl (C=O) groups excluding carboxylic acids is 1. The highest BCUT2D eigenvalue weighted by Gasteiger charge is 2.68. The SMILES string of the molecule is CC(C)C(CCN)NC(=O)C1C(C)(C)C1(C)C. The van der Waals surface area contributed by atoms with E-state index in [4.69, 9.17) is 5.73 Å². The van der Waals surface area contributed by atoms with Crippen LogP contribution in [-0.4, -0.2) is 18.5 Å². The van der Waals surface area contributed by atoms with Crippen LogP contribution in [0.25, 0.3) is 0 Å². The van der Waals surface area contributed by atoms with Crippen LogP contribution in [0.15, 0.2) is 0 Å². The first-order valence-electron chi connectivity index (χ1n) is 6.66. The molecule has 0 aromatic carbocycles. The fourth-order valence-electron chi connectivity index (χ4n) is 2.87. The molecular weight excluding hydrogens is 212 g/mol. The van der Waals surface area contributed by atoms with E-state index < -0.39 is 0 Å². The lowest BCUT2D eigenvalue weighted by Crippen LogP contribution is -2.41. The van der Waals surface area contributed by atoms with Crippen LogP contribution < -0.4 is 11.1 Å². The van der Waals surface area contributed by atoms with E-state index in [-0.39, 0.29) is 28.7 Å². The molecule has 0 bridgehead atoms. The third-order valence-corrected chi connectivity index (χ3v) is 4.89. The quantitative estimate of drug-likeness (QED) is 0.773. The average Bonchev–Trinajstić information content (AvgIpc) is 2.56. The Hall–Kier alpha value is -0.570. The highest BCUT2D eigenvalue weighted by molar-refractivity contribution is 5.84. The van der Waals surface area contributed by atoms with Crippen molar-refractivity contribution in [3.8, 4) is 0 Å². The van der Waals surface area contributed by atoms with Gasteiger partial charge in [0.15, 0.2) is 0 Å². The fourth-order valence-corrected chi connectivity index (χ4v) is 2.87. The second kappa shape index (κ2) is 4.60. The summed E-state index contributed by atoms with van der Waals surface area (Å²) < 4.78 is 0. The Bertz CT molecular complexity index is 281. The Morgan fingerprint density at radius 3 is 2.00 bits per heavy atom. The first kappa shape index (κ1) is 14.5. The molecule has 1 aliphatic rings. The van der Waals surface area contributed by atoms with Gasteiger partial charge in [-0.2, -0.15) is 0 Å². The number of amides is 1. The summed E-state index contributed by atoms with van der Waals surface area (Å²) in [5.41, 5.74) is 5.81. The molecule has 100 valence electrons. The van der Waals surface area contributed by atoms with Gasteiger partial charge in [0.25, 0.3) is 0 Å². The number of rotatable bonds is 5. The van der Waals surface area contributed by atoms with Crippen LogP contribution in [0.3, 0.4) is 0 Å². The van der Waals surface area contributed by atoms with Gasteiger partial charge in [0.1, 0.15) is 0 Å². The second-order valence-corrected chi connectivity index (χ2v) is 6.81. The smallest absolute Gasteiger partial charge is 0.224 e. The number of hydrogen-bond acceptors (Lipinski definition) is 2. The molecule has 0 aromatic heterocycles. The third kappa shape index (κ3) is 2.49. The second-order valence-electron chi connectivity index (χ2n) is 6.81. The molecule has 1 atom stereocenters. The molecule has 0 aliphatic heterocycles. The first-order valence-corrected chi connectivity index (χ1v) is 6.66. The van der Waals surface area contributed by atoms with Crippen LogP contribution in [0.4, 0.5) is 0 Å². The van der Waals surface area contributed by atoms with Crippen LogP contribution in [0, 0.1) is 22.7 Å². The molecule has 1 aliphatic carbocycles. The van der Waals surface area contributed by atoms with Crippen molar-refractivity contribution in [1.82, 2.24) is 5.32 Å². The zero-order valence-corrected chi connectivity index (χ0v) is 12.1. The minimum atomic E-state index is 0.112.